The van der Waals surface area contributed by atoms with Gasteiger partial charge in [-0.05, 0) is 82.7 Å². The summed E-state index contributed by atoms with van der Waals surface area (Å²) < 4.78 is 49.2. The highest BCUT2D eigenvalue weighted by atomic mass is 19.4. The lowest BCUT2D eigenvalue weighted by Gasteiger charge is -2.30. The van der Waals surface area contributed by atoms with Crippen LogP contribution >= 0.6 is 0 Å². The van der Waals surface area contributed by atoms with Gasteiger partial charge >= 0.3 is 6.18 Å². The van der Waals surface area contributed by atoms with Crippen LogP contribution in [0, 0.1) is 5.92 Å². The zero-order chi connectivity index (χ0) is 36.0. The van der Waals surface area contributed by atoms with Crippen LogP contribution in [0.25, 0.3) is 11.0 Å². The smallest absolute Gasteiger partial charge is 0.416 e. The summed E-state index contributed by atoms with van der Waals surface area (Å²) in [5.41, 5.74) is -0.417. The Morgan fingerprint density at radius 3 is 2.67 bits per heavy atom. The van der Waals surface area contributed by atoms with E-state index in [2.05, 4.69) is 27.0 Å². The number of benzene rings is 2. The van der Waals surface area contributed by atoms with E-state index in [0.29, 0.717) is 31.8 Å². The molecule has 3 heterocycles. The van der Waals surface area contributed by atoms with Gasteiger partial charge in [0.2, 0.25) is 17.7 Å². The van der Waals surface area contributed by atoms with Gasteiger partial charge in [0.15, 0.2) is 0 Å². The first kappa shape index (κ1) is 34.9. The maximum atomic E-state index is 14.6. The molecule has 3 aromatic rings. The fourth-order valence-electron chi connectivity index (χ4n) is 7.45. The zero-order valence-corrected chi connectivity index (χ0v) is 29.0. The number of amides is 3. The van der Waals surface area contributed by atoms with Crippen molar-refractivity contribution in [3.05, 3.63) is 66.2 Å². The van der Waals surface area contributed by atoms with Crippen molar-refractivity contribution in [3.63, 3.8) is 0 Å². The van der Waals surface area contributed by atoms with Gasteiger partial charge in [0.25, 0.3) is 6.01 Å². The van der Waals surface area contributed by atoms with Crippen molar-refractivity contribution in [1.29, 1.82) is 0 Å². The Morgan fingerprint density at radius 1 is 1.10 bits per heavy atom. The molecule has 1 aromatic heterocycles. The Kier molecular flexibility index (Phi) is 9.26. The molecular weight excluding hydrogens is 661 g/mol. The summed E-state index contributed by atoms with van der Waals surface area (Å²) in [6.45, 7) is 4.62. The van der Waals surface area contributed by atoms with Crippen molar-refractivity contribution in [2.24, 2.45) is 5.92 Å². The molecule has 2 aromatic carbocycles. The van der Waals surface area contributed by atoms with Crippen LogP contribution in [-0.2, 0) is 27.1 Å². The Balaban J connectivity index is 1.20. The van der Waals surface area contributed by atoms with Gasteiger partial charge in [-0.2, -0.15) is 18.2 Å². The normalized spacial score (nSPS) is 28.5. The first-order valence-corrected chi connectivity index (χ1v) is 18.1. The number of carbonyl (C=O) groups is 3. The van der Waals surface area contributed by atoms with Crippen LogP contribution in [0.5, 0.6) is 6.01 Å². The first-order valence-electron chi connectivity index (χ1n) is 18.1. The van der Waals surface area contributed by atoms with E-state index >= 15 is 0 Å². The third kappa shape index (κ3) is 7.30. The topological polar surface area (TPSA) is 118 Å². The van der Waals surface area contributed by atoms with Gasteiger partial charge in [-0.25, -0.2) is 0 Å². The van der Waals surface area contributed by atoms with Crippen molar-refractivity contribution in [2.75, 3.05) is 11.9 Å². The third-order valence-corrected chi connectivity index (χ3v) is 10.8. The molecule has 51 heavy (non-hydrogen) atoms. The highest BCUT2D eigenvalue weighted by Gasteiger charge is 2.62. The summed E-state index contributed by atoms with van der Waals surface area (Å²) in [4.78, 5) is 48.8. The Labute approximate surface area is 295 Å². The average Bonchev–Trinajstić information content (AvgIpc) is 3.89. The molecule has 4 aliphatic rings. The quantitative estimate of drug-likeness (QED) is 0.261. The van der Waals surface area contributed by atoms with Crippen LogP contribution in [0.1, 0.15) is 77.2 Å². The predicted molar refractivity (Wildman–Crippen MR) is 186 cm³/mol. The van der Waals surface area contributed by atoms with E-state index in [1.165, 1.54) is 17.0 Å². The van der Waals surface area contributed by atoms with Crippen molar-refractivity contribution < 1.29 is 32.3 Å². The number of para-hydroxylation sites is 2. The summed E-state index contributed by atoms with van der Waals surface area (Å²) in [5, 5.41) is 9.30. The van der Waals surface area contributed by atoms with E-state index in [1.54, 1.807) is 0 Å². The van der Waals surface area contributed by atoms with Gasteiger partial charge in [-0.3, -0.25) is 19.0 Å². The number of hydrogen-bond acceptors (Lipinski definition) is 6. The molecular formula is C38H45F3N6O4. The summed E-state index contributed by atoms with van der Waals surface area (Å²) in [6.07, 6.45) is 4.69. The Bertz CT molecular complexity index is 1840. The monoisotopic (exact) mass is 706 g/mol. The Hall–Kier alpha value is -4.55. The van der Waals surface area contributed by atoms with Crippen molar-refractivity contribution >= 4 is 34.4 Å². The van der Waals surface area contributed by atoms with Crippen LogP contribution in [0.15, 0.2) is 60.7 Å². The van der Waals surface area contributed by atoms with Gasteiger partial charge in [-0.1, -0.05) is 43.2 Å². The molecule has 13 heteroatoms. The molecule has 0 radical (unpaired) electrons. The molecule has 1 saturated heterocycles. The lowest BCUT2D eigenvalue weighted by Crippen LogP contribution is -2.58. The van der Waals surface area contributed by atoms with E-state index in [9.17, 15) is 27.6 Å². The van der Waals surface area contributed by atoms with E-state index < -0.39 is 47.3 Å². The van der Waals surface area contributed by atoms with Crippen LogP contribution in [0.3, 0.4) is 0 Å². The zero-order valence-electron chi connectivity index (χ0n) is 29.0. The fourth-order valence-corrected chi connectivity index (χ4v) is 7.45. The van der Waals surface area contributed by atoms with Gasteiger partial charge in [0, 0.05) is 30.1 Å². The van der Waals surface area contributed by atoms with Crippen molar-refractivity contribution in [2.45, 2.75) is 114 Å². The van der Waals surface area contributed by atoms with E-state index in [0.717, 1.165) is 55.3 Å². The maximum absolute atomic E-state index is 14.6. The minimum atomic E-state index is -4.55. The molecule has 2 aliphatic carbocycles. The number of nitrogens with one attached hydrogen (secondary N) is 3. The molecule has 2 saturated carbocycles. The molecule has 3 N–H and O–H groups in total. The second kappa shape index (κ2) is 13.5. The number of hydrogen-bond donors (Lipinski definition) is 3. The number of allylic oxidation sites excluding steroid dienone is 1. The number of aryl methyl sites for hydroxylation is 1. The third-order valence-electron chi connectivity index (χ3n) is 10.8. The largest absolute Gasteiger partial charge is 0.459 e. The molecule has 5 atom stereocenters. The number of nitrogens with zero attached hydrogens (tertiary/aromatic N) is 3. The molecule has 3 fully saturated rings. The summed E-state index contributed by atoms with van der Waals surface area (Å²) >= 11 is 0. The van der Waals surface area contributed by atoms with Crippen LogP contribution in [0.4, 0.5) is 18.9 Å². The highest BCUT2D eigenvalue weighted by molar-refractivity contribution is 5.98. The van der Waals surface area contributed by atoms with Gasteiger partial charge in [0.05, 0.1) is 23.1 Å². The lowest BCUT2D eigenvalue weighted by molar-refractivity contribution is -0.140. The van der Waals surface area contributed by atoms with Crippen LogP contribution < -0.4 is 20.7 Å². The number of imidazole rings is 1. The second-order valence-corrected chi connectivity index (χ2v) is 14.7. The molecule has 0 spiro atoms. The Morgan fingerprint density at radius 2 is 1.90 bits per heavy atom. The fraction of sp³-hybridized carbons (Fsp3) is 0.526. The number of anilines is 1. The maximum Gasteiger partial charge on any atom is 0.416 e. The summed E-state index contributed by atoms with van der Waals surface area (Å²) in [7, 11) is 0. The molecule has 7 rings (SSSR count). The molecule has 0 bridgehead atoms. The average molecular weight is 707 g/mol. The number of ether oxygens (including phenoxy) is 1. The molecule has 0 unspecified atom stereocenters. The number of carbonyl (C=O) groups excluding carboxylic acids is 3. The second-order valence-electron chi connectivity index (χ2n) is 14.7. The summed E-state index contributed by atoms with van der Waals surface area (Å²) in [5.74, 6) is -1.27. The standard InChI is InChI=1S/C38H45F3N6O4/c1-3-46-30-17-10-9-15-28(30)43-35(46)51-27-21-31-32(48)44-37(34(50)45-36(2)18-19-36)22-25(37)12-7-5-4-6-8-16-29(33(49)47(31)23-27)42-26-14-11-13-24(20-26)38(39,40)41/h7,9-15,17,20,25,27,29,31,42H,3-6,8,16,18-19,21-23H2,1-2H3,(H,44,48)(H,45,50)/b12-7-/t25-,27-,29+,31+,37-/m1/s1. The first-order chi connectivity index (χ1) is 24.4. The summed E-state index contributed by atoms with van der Waals surface area (Å²) in [6, 6.07) is 10.9. The van der Waals surface area contributed by atoms with E-state index in [1.807, 2.05) is 48.8 Å². The lowest BCUT2D eigenvalue weighted by atomic mass is 10.0. The predicted octanol–water partition coefficient (Wildman–Crippen LogP) is 5.97. The highest BCUT2D eigenvalue weighted by Crippen LogP contribution is 2.47. The van der Waals surface area contributed by atoms with Crippen molar-refractivity contribution in [1.82, 2.24) is 25.1 Å². The number of halogens is 3. The number of alkyl halides is 3. The number of aromatic nitrogens is 2. The number of fused-ring (bicyclic) bond motifs is 3. The van der Waals surface area contributed by atoms with E-state index in [-0.39, 0.29) is 36.0 Å². The molecule has 2 aliphatic heterocycles. The van der Waals surface area contributed by atoms with Crippen LogP contribution in [-0.4, -0.2) is 68.0 Å². The van der Waals surface area contributed by atoms with Gasteiger partial charge < -0.3 is 25.6 Å². The molecule has 3 amide bonds. The molecule has 10 nitrogen and oxygen atoms in total. The minimum absolute atomic E-state index is 0.0607. The van der Waals surface area contributed by atoms with Gasteiger partial charge in [0.1, 0.15) is 23.7 Å². The van der Waals surface area contributed by atoms with Gasteiger partial charge in [-0.15, -0.1) is 0 Å². The SMILES string of the molecule is CCn1c(O[C@@H]2C[C@H]3C(=O)N[C@]4(C(=O)NC5(C)CC5)C[C@H]4/C=C\CCCCC[C@H](Nc4cccc(C(F)(F)F)c4)C(=O)N3C2)nc2ccccc21. The van der Waals surface area contributed by atoms with E-state index in [4.69, 9.17) is 4.74 Å². The molecule has 272 valence electrons. The van der Waals surface area contributed by atoms with Crippen molar-refractivity contribution in [3.8, 4) is 6.01 Å². The number of rotatable bonds is 7. The van der Waals surface area contributed by atoms with Crippen LogP contribution in [0.2, 0.25) is 0 Å². The minimum Gasteiger partial charge on any atom is -0.459 e.